The molecule has 1 rings (SSSR count). The number of hydrogen-bond donors (Lipinski definition) is 5. The van der Waals surface area contributed by atoms with E-state index in [-0.39, 0.29) is 32.8 Å². The second-order valence-corrected chi connectivity index (χ2v) is 6.12. The van der Waals surface area contributed by atoms with E-state index in [9.17, 15) is 19.2 Å². The van der Waals surface area contributed by atoms with Crippen LogP contribution in [-0.2, 0) is 30.3 Å². The molecule has 1 aromatic carbocycles. The number of nitrogens with one attached hydrogen (secondary N) is 4. The fourth-order valence-electron chi connectivity index (χ4n) is 2.24. The molecule has 30 heavy (non-hydrogen) atoms. The van der Waals surface area contributed by atoms with Crippen LogP contribution >= 0.6 is 0 Å². The third kappa shape index (κ3) is 10.8. The van der Waals surface area contributed by atoms with E-state index in [1.807, 2.05) is 18.2 Å². The van der Waals surface area contributed by atoms with Gasteiger partial charge in [0.2, 0.25) is 23.6 Å². The van der Waals surface area contributed by atoms with Crippen molar-refractivity contribution < 1.29 is 23.9 Å². The minimum Gasteiger partial charge on any atom is -0.360 e. The summed E-state index contributed by atoms with van der Waals surface area (Å²) in [6, 6.07) is 8.12. The molecule has 0 heterocycles. The summed E-state index contributed by atoms with van der Waals surface area (Å²) in [7, 11) is 0. The minimum absolute atomic E-state index is 0.0264. The number of nitrogens with two attached hydrogens (primary N) is 1. The van der Waals surface area contributed by atoms with Crippen LogP contribution in [0.3, 0.4) is 0 Å². The Kier molecular flexibility index (Phi) is 11.9. The first-order valence-corrected chi connectivity index (χ1v) is 9.32. The summed E-state index contributed by atoms with van der Waals surface area (Å²) in [4.78, 5) is 47.6. The van der Waals surface area contributed by atoms with Gasteiger partial charge in [0.05, 0.1) is 26.2 Å². The lowest BCUT2D eigenvalue weighted by molar-refractivity contribution is -0.131. The molecule has 0 bridgehead atoms. The lowest BCUT2D eigenvalue weighted by atomic mass is 10.1. The average Bonchev–Trinajstić information content (AvgIpc) is 2.75. The Labute approximate surface area is 175 Å². The van der Waals surface area contributed by atoms with Crippen LogP contribution in [0.4, 0.5) is 0 Å². The molecule has 0 saturated carbocycles. The van der Waals surface area contributed by atoms with Crippen molar-refractivity contribution in [2.75, 3.05) is 33.0 Å². The van der Waals surface area contributed by atoms with E-state index < -0.39 is 29.7 Å². The number of carbonyl (C=O) groups is 4. The first-order valence-electron chi connectivity index (χ1n) is 9.32. The predicted octanol–water partition coefficient (Wildman–Crippen LogP) is -1.98. The monoisotopic (exact) mass is 417 g/mol. The molecule has 0 aliphatic carbocycles. The van der Waals surface area contributed by atoms with Crippen molar-refractivity contribution in [3.63, 3.8) is 0 Å². The third-order valence-electron chi connectivity index (χ3n) is 3.75. The lowest BCUT2D eigenvalue weighted by Gasteiger charge is -2.19. The highest BCUT2D eigenvalue weighted by Crippen LogP contribution is 2.03. The highest BCUT2D eigenvalue weighted by atomic mass is 16.5. The standard InChI is InChI=1S/C20H27N5O5/c1-2-3-9-30-14-24-18(27)12-23-20(29)16(10-15-7-5-4-6-8-15)25-19(28)13-22-17(26)11-21/h1,4-8,16H,3,9-14,21H2,(H,22,26)(H,23,29)(H,24,27)(H,25,28)/t16-/m0/s1. The summed E-state index contributed by atoms with van der Waals surface area (Å²) in [5.41, 5.74) is 5.99. The van der Waals surface area contributed by atoms with Crippen LogP contribution in [0.2, 0.25) is 0 Å². The molecule has 4 amide bonds. The molecule has 0 spiro atoms. The van der Waals surface area contributed by atoms with Crippen molar-refractivity contribution in [3.8, 4) is 12.3 Å². The van der Waals surface area contributed by atoms with Crippen molar-refractivity contribution in [3.05, 3.63) is 35.9 Å². The highest BCUT2D eigenvalue weighted by molar-refractivity contribution is 5.92. The number of ether oxygens (including phenoxy) is 1. The van der Waals surface area contributed by atoms with Crippen molar-refractivity contribution in [2.45, 2.75) is 18.9 Å². The van der Waals surface area contributed by atoms with Gasteiger partial charge in [-0.15, -0.1) is 12.3 Å². The summed E-state index contributed by atoms with van der Waals surface area (Å²) in [5.74, 6) is 0.361. The largest absolute Gasteiger partial charge is 0.360 e. The number of terminal acetylenes is 1. The molecule has 0 saturated heterocycles. The van der Waals surface area contributed by atoms with Gasteiger partial charge in [-0.2, -0.15) is 0 Å². The van der Waals surface area contributed by atoms with Crippen LogP contribution in [0.15, 0.2) is 30.3 Å². The zero-order valence-electron chi connectivity index (χ0n) is 16.6. The van der Waals surface area contributed by atoms with E-state index in [2.05, 4.69) is 27.2 Å². The SMILES string of the molecule is C#CCCOCNC(=O)CNC(=O)[C@H](Cc1ccccc1)NC(=O)CNC(=O)CN. The Morgan fingerprint density at radius 3 is 2.37 bits per heavy atom. The van der Waals surface area contributed by atoms with Gasteiger partial charge < -0.3 is 31.7 Å². The quantitative estimate of drug-likeness (QED) is 0.142. The number of rotatable bonds is 13. The number of amides is 4. The summed E-state index contributed by atoms with van der Waals surface area (Å²) in [6.07, 6.45) is 5.73. The first kappa shape index (κ1) is 24.6. The van der Waals surface area contributed by atoms with Crippen LogP contribution in [0, 0.1) is 12.3 Å². The van der Waals surface area contributed by atoms with Gasteiger partial charge in [0.15, 0.2) is 0 Å². The molecule has 6 N–H and O–H groups in total. The average molecular weight is 417 g/mol. The van der Waals surface area contributed by atoms with Crippen LogP contribution < -0.4 is 27.0 Å². The fraction of sp³-hybridized carbons (Fsp3) is 0.400. The van der Waals surface area contributed by atoms with Crippen LogP contribution in [-0.4, -0.2) is 62.6 Å². The Bertz CT molecular complexity index is 748. The smallest absolute Gasteiger partial charge is 0.243 e. The number of benzene rings is 1. The molecule has 0 fully saturated rings. The van der Waals surface area contributed by atoms with Gasteiger partial charge in [-0.25, -0.2) is 0 Å². The molecule has 0 aliphatic rings. The molecule has 10 heteroatoms. The number of carbonyl (C=O) groups excluding carboxylic acids is 4. The van der Waals surface area contributed by atoms with Gasteiger partial charge in [0.25, 0.3) is 0 Å². The number of hydrogen-bond acceptors (Lipinski definition) is 6. The second-order valence-electron chi connectivity index (χ2n) is 6.12. The lowest BCUT2D eigenvalue weighted by Crippen LogP contribution is -2.52. The maximum atomic E-state index is 12.5. The maximum Gasteiger partial charge on any atom is 0.243 e. The van der Waals surface area contributed by atoms with Crippen LogP contribution in [0.25, 0.3) is 0 Å². The van der Waals surface area contributed by atoms with E-state index in [0.29, 0.717) is 13.0 Å². The van der Waals surface area contributed by atoms with E-state index in [4.69, 9.17) is 16.9 Å². The van der Waals surface area contributed by atoms with Crippen molar-refractivity contribution >= 4 is 23.6 Å². The topological polar surface area (TPSA) is 152 Å². The van der Waals surface area contributed by atoms with E-state index >= 15 is 0 Å². The van der Waals surface area contributed by atoms with Crippen molar-refractivity contribution in [1.29, 1.82) is 0 Å². The molecule has 1 aromatic rings. The zero-order valence-corrected chi connectivity index (χ0v) is 16.6. The fourth-order valence-corrected chi connectivity index (χ4v) is 2.24. The Balaban J connectivity index is 2.57. The molecular formula is C20H27N5O5. The summed E-state index contributed by atoms with van der Waals surface area (Å²) < 4.78 is 5.10. The van der Waals surface area contributed by atoms with Crippen LogP contribution in [0.5, 0.6) is 0 Å². The van der Waals surface area contributed by atoms with Gasteiger partial charge in [-0.05, 0) is 5.56 Å². The Hall–Kier alpha value is -3.42. The highest BCUT2D eigenvalue weighted by Gasteiger charge is 2.22. The summed E-state index contributed by atoms with van der Waals surface area (Å²) in [6.45, 7) is -0.564. The summed E-state index contributed by atoms with van der Waals surface area (Å²) in [5, 5.41) is 9.83. The van der Waals surface area contributed by atoms with Gasteiger partial charge in [0, 0.05) is 12.8 Å². The predicted molar refractivity (Wildman–Crippen MR) is 110 cm³/mol. The van der Waals surface area contributed by atoms with Crippen LogP contribution in [0.1, 0.15) is 12.0 Å². The molecule has 162 valence electrons. The normalized spacial score (nSPS) is 10.9. The molecule has 0 radical (unpaired) electrons. The second kappa shape index (κ2) is 14.6. The van der Waals surface area contributed by atoms with Crippen molar-refractivity contribution in [1.82, 2.24) is 21.3 Å². The molecule has 0 aromatic heterocycles. The van der Waals surface area contributed by atoms with Gasteiger partial charge >= 0.3 is 0 Å². The molecular weight excluding hydrogens is 390 g/mol. The summed E-state index contributed by atoms with van der Waals surface area (Å²) >= 11 is 0. The molecule has 1 atom stereocenters. The van der Waals surface area contributed by atoms with E-state index in [1.54, 1.807) is 12.1 Å². The van der Waals surface area contributed by atoms with Gasteiger partial charge in [-0.1, -0.05) is 30.3 Å². The Morgan fingerprint density at radius 1 is 1.00 bits per heavy atom. The van der Waals surface area contributed by atoms with E-state index in [1.165, 1.54) is 0 Å². The van der Waals surface area contributed by atoms with Gasteiger partial charge in [-0.3, -0.25) is 19.2 Å². The van der Waals surface area contributed by atoms with Crippen molar-refractivity contribution in [2.24, 2.45) is 5.73 Å². The minimum atomic E-state index is -0.936. The molecule has 0 unspecified atom stereocenters. The van der Waals surface area contributed by atoms with Gasteiger partial charge in [0.1, 0.15) is 12.8 Å². The molecule has 10 nitrogen and oxygen atoms in total. The first-order chi connectivity index (χ1) is 14.5. The van der Waals surface area contributed by atoms with E-state index in [0.717, 1.165) is 5.56 Å². The Morgan fingerprint density at radius 2 is 1.70 bits per heavy atom. The zero-order chi connectivity index (χ0) is 22.2. The third-order valence-corrected chi connectivity index (χ3v) is 3.75. The maximum absolute atomic E-state index is 12.5. The molecule has 0 aliphatic heterocycles.